The van der Waals surface area contributed by atoms with Crippen LogP contribution < -0.4 is 10.1 Å². The van der Waals surface area contributed by atoms with Gasteiger partial charge < -0.3 is 4.74 Å². The van der Waals surface area contributed by atoms with Crippen LogP contribution in [0, 0.1) is 11.3 Å². The maximum Gasteiger partial charge on any atom is 0.121 e. The molecule has 0 aliphatic heterocycles. The van der Waals surface area contributed by atoms with Crippen LogP contribution in [-0.4, -0.2) is 11.1 Å². The molecule has 0 saturated carbocycles. The van der Waals surface area contributed by atoms with Crippen molar-refractivity contribution >= 4 is 0 Å². The van der Waals surface area contributed by atoms with Crippen LogP contribution in [0.5, 0.6) is 5.75 Å². The van der Waals surface area contributed by atoms with Gasteiger partial charge in [-0.25, -0.2) is 0 Å². The Morgan fingerprint density at radius 1 is 1.24 bits per heavy atom. The molecule has 0 amide bonds. The molecule has 1 N–H and O–H groups in total. The smallest absolute Gasteiger partial charge is 0.121 e. The van der Waals surface area contributed by atoms with Gasteiger partial charge in [-0.15, -0.1) is 0 Å². The molecule has 0 aliphatic rings. The topological polar surface area (TPSA) is 57.9 Å². The van der Waals surface area contributed by atoms with Crippen LogP contribution in [0.15, 0.2) is 48.7 Å². The van der Waals surface area contributed by atoms with E-state index in [1.165, 1.54) is 0 Å². The van der Waals surface area contributed by atoms with Gasteiger partial charge in [-0.05, 0) is 43.7 Å². The largest absolute Gasteiger partial charge is 0.491 e. The molecule has 0 bridgehead atoms. The first-order chi connectivity index (χ1) is 10.2. The average molecular weight is 281 g/mol. The lowest BCUT2D eigenvalue weighted by Gasteiger charge is -2.14. The molecule has 1 heterocycles. The number of benzene rings is 1. The van der Waals surface area contributed by atoms with Crippen molar-refractivity contribution in [2.45, 2.75) is 32.5 Å². The molecule has 0 radical (unpaired) electrons. The fourth-order valence-corrected chi connectivity index (χ4v) is 1.99. The van der Waals surface area contributed by atoms with Gasteiger partial charge in [0, 0.05) is 12.7 Å². The summed E-state index contributed by atoms with van der Waals surface area (Å²) in [5, 5.41) is 12.6. The fourth-order valence-electron chi connectivity index (χ4n) is 1.99. The Hall–Kier alpha value is -2.38. The van der Waals surface area contributed by atoms with Crippen molar-refractivity contribution in [1.82, 2.24) is 10.3 Å². The Morgan fingerprint density at radius 2 is 2.10 bits per heavy atom. The summed E-state index contributed by atoms with van der Waals surface area (Å²) in [5.41, 5.74) is 1.80. The molecule has 1 aromatic heterocycles. The monoisotopic (exact) mass is 281 g/mol. The zero-order valence-corrected chi connectivity index (χ0v) is 12.3. The third kappa shape index (κ3) is 4.59. The first-order valence-corrected chi connectivity index (χ1v) is 6.98. The van der Waals surface area contributed by atoms with Crippen molar-refractivity contribution in [2.24, 2.45) is 0 Å². The molecule has 108 valence electrons. The number of pyridine rings is 1. The minimum Gasteiger partial charge on any atom is -0.491 e. The second kappa shape index (κ2) is 7.41. The predicted molar refractivity (Wildman–Crippen MR) is 81.6 cm³/mol. The van der Waals surface area contributed by atoms with E-state index in [0.29, 0.717) is 6.54 Å². The number of nitrogens with one attached hydrogen (secondary N) is 1. The highest BCUT2D eigenvalue weighted by Gasteiger charge is 2.11. The van der Waals surface area contributed by atoms with Crippen LogP contribution in [-0.2, 0) is 6.54 Å². The molecule has 1 atom stereocenters. The van der Waals surface area contributed by atoms with Gasteiger partial charge >= 0.3 is 0 Å². The number of aromatic nitrogens is 1. The van der Waals surface area contributed by atoms with E-state index in [9.17, 15) is 5.26 Å². The minimum atomic E-state index is -0.386. The number of rotatable bonds is 6. The third-order valence-corrected chi connectivity index (χ3v) is 2.91. The Morgan fingerprint density at radius 3 is 2.76 bits per heavy atom. The summed E-state index contributed by atoms with van der Waals surface area (Å²) in [6.07, 6.45) is 1.86. The van der Waals surface area contributed by atoms with Crippen LogP contribution in [0.1, 0.15) is 31.1 Å². The van der Waals surface area contributed by atoms with E-state index in [1.54, 1.807) is 6.20 Å². The van der Waals surface area contributed by atoms with E-state index in [-0.39, 0.29) is 12.1 Å². The highest BCUT2D eigenvalue weighted by Crippen LogP contribution is 2.20. The first-order valence-electron chi connectivity index (χ1n) is 6.98. The summed E-state index contributed by atoms with van der Waals surface area (Å²) in [4.78, 5) is 4.24. The lowest BCUT2D eigenvalue weighted by Crippen LogP contribution is -2.20. The summed E-state index contributed by atoms with van der Waals surface area (Å²) in [7, 11) is 0. The van der Waals surface area contributed by atoms with E-state index < -0.39 is 0 Å². The lowest BCUT2D eigenvalue weighted by atomic mass is 10.1. The number of hydrogen-bond donors (Lipinski definition) is 1. The summed E-state index contributed by atoms with van der Waals surface area (Å²) in [6, 6.07) is 15.3. The van der Waals surface area contributed by atoms with Crippen LogP contribution in [0.3, 0.4) is 0 Å². The van der Waals surface area contributed by atoms with Gasteiger partial charge in [0.15, 0.2) is 0 Å². The van der Waals surface area contributed by atoms with Crippen LogP contribution in [0.4, 0.5) is 0 Å². The summed E-state index contributed by atoms with van der Waals surface area (Å²) in [5.74, 6) is 0.780. The molecule has 2 rings (SSSR count). The van der Waals surface area contributed by atoms with Gasteiger partial charge in [0.1, 0.15) is 11.8 Å². The number of nitrogens with zero attached hydrogens (tertiary/aromatic N) is 2. The predicted octanol–water partition coefficient (Wildman–Crippen LogP) is 3.22. The number of ether oxygens (including phenoxy) is 1. The molecule has 4 heteroatoms. The van der Waals surface area contributed by atoms with Crippen LogP contribution in [0.25, 0.3) is 0 Å². The average Bonchev–Trinajstić information content (AvgIpc) is 2.49. The highest BCUT2D eigenvalue weighted by molar-refractivity contribution is 5.33. The van der Waals surface area contributed by atoms with E-state index in [4.69, 9.17) is 4.74 Å². The number of hydrogen-bond acceptors (Lipinski definition) is 4. The molecular formula is C17H19N3O. The van der Waals surface area contributed by atoms with Gasteiger partial charge in [-0.2, -0.15) is 5.26 Å². The lowest BCUT2D eigenvalue weighted by molar-refractivity contribution is 0.242. The van der Waals surface area contributed by atoms with Crippen molar-refractivity contribution in [3.05, 3.63) is 59.9 Å². The second-order valence-corrected chi connectivity index (χ2v) is 5.00. The van der Waals surface area contributed by atoms with Gasteiger partial charge in [-0.3, -0.25) is 10.3 Å². The van der Waals surface area contributed by atoms with Crippen molar-refractivity contribution in [2.75, 3.05) is 0 Å². The van der Waals surface area contributed by atoms with Gasteiger partial charge in [0.25, 0.3) is 0 Å². The SMILES string of the molecule is CC(C)Oc1cccc(C(C#N)NCc2ccccn2)c1. The maximum absolute atomic E-state index is 9.36. The number of nitriles is 1. The molecular weight excluding hydrogens is 262 g/mol. The Kier molecular flexibility index (Phi) is 5.30. The van der Waals surface area contributed by atoms with E-state index in [0.717, 1.165) is 17.0 Å². The highest BCUT2D eigenvalue weighted by atomic mass is 16.5. The fraction of sp³-hybridized carbons (Fsp3) is 0.294. The molecule has 1 aromatic carbocycles. The van der Waals surface area contributed by atoms with E-state index in [1.807, 2.05) is 56.3 Å². The molecule has 1 unspecified atom stereocenters. The van der Waals surface area contributed by atoms with E-state index in [2.05, 4.69) is 16.4 Å². The van der Waals surface area contributed by atoms with Crippen molar-refractivity contribution in [3.63, 3.8) is 0 Å². The van der Waals surface area contributed by atoms with Crippen LogP contribution in [0.2, 0.25) is 0 Å². The summed E-state index contributed by atoms with van der Waals surface area (Å²) >= 11 is 0. The summed E-state index contributed by atoms with van der Waals surface area (Å²) in [6.45, 7) is 4.51. The van der Waals surface area contributed by atoms with E-state index >= 15 is 0 Å². The first kappa shape index (κ1) is 15.0. The van der Waals surface area contributed by atoms with Crippen LogP contribution >= 0.6 is 0 Å². The second-order valence-electron chi connectivity index (χ2n) is 5.00. The van der Waals surface area contributed by atoms with Gasteiger partial charge in [0.05, 0.1) is 17.9 Å². The zero-order valence-electron chi connectivity index (χ0n) is 12.3. The standard InChI is InChI=1S/C17H19N3O/c1-13(2)21-16-8-5-6-14(10-16)17(11-18)20-12-15-7-3-4-9-19-15/h3-10,13,17,20H,12H2,1-2H3. The molecule has 0 aliphatic carbocycles. The van der Waals surface area contributed by atoms with Gasteiger partial charge in [0.2, 0.25) is 0 Å². The third-order valence-electron chi connectivity index (χ3n) is 2.91. The normalized spacial score (nSPS) is 11.9. The molecule has 0 spiro atoms. The Labute approximate surface area is 125 Å². The minimum absolute atomic E-state index is 0.113. The van der Waals surface area contributed by atoms with Crippen molar-refractivity contribution < 1.29 is 4.74 Å². The Balaban J connectivity index is 2.05. The molecule has 0 saturated heterocycles. The zero-order chi connectivity index (χ0) is 15.1. The van der Waals surface area contributed by atoms with Crippen molar-refractivity contribution in [1.29, 1.82) is 5.26 Å². The Bertz CT molecular complexity index is 605. The molecule has 2 aromatic rings. The molecule has 0 fully saturated rings. The van der Waals surface area contributed by atoms with Gasteiger partial charge in [-0.1, -0.05) is 18.2 Å². The molecule has 4 nitrogen and oxygen atoms in total. The quantitative estimate of drug-likeness (QED) is 0.883. The maximum atomic E-state index is 9.36. The van der Waals surface area contributed by atoms with Crippen molar-refractivity contribution in [3.8, 4) is 11.8 Å². The molecule has 21 heavy (non-hydrogen) atoms. The summed E-state index contributed by atoms with van der Waals surface area (Å²) < 4.78 is 5.66.